The maximum absolute atomic E-state index is 11.8. The van der Waals surface area contributed by atoms with E-state index in [1.807, 2.05) is 6.07 Å². The van der Waals surface area contributed by atoms with Crippen LogP contribution in [0.15, 0.2) is 29.2 Å². The number of pyridine rings is 1. The summed E-state index contributed by atoms with van der Waals surface area (Å²) in [5, 5.41) is 2.68. The van der Waals surface area contributed by atoms with Gasteiger partial charge >= 0.3 is 0 Å². The van der Waals surface area contributed by atoms with Crippen molar-refractivity contribution < 1.29 is 4.79 Å². The second-order valence-corrected chi connectivity index (χ2v) is 5.58. The third-order valence-corrected chi connectivity index (χ3v) is 3.59. The smallest absolute Gasteiger partial charge is 0.257 e. The van der Waals surface area contributed by atoms with E-state index < -0.39 is 0 Å². The number of aryl methyl sites for hydroxylation is 1. The van der Waals surface area contributed by atoms with Gasteiger partial charge in [-0.1, -0.05) is 11.6 Å². The first kappa shape index (κ1) is 12.9. The van der Waals surface area contributed by atoms with Crippen molar-refractivity contribution in [3.8, 4) is 0 Å². The molecular formula is C12H11ClN2O2S. The molecule has 0 spiro atoms. The Kier molecular flexibility index (Phi) is 3.84. The molecule has 18 heavy (non-hydrogen) atoms. The molecule has 94 valence electrons. The van der Waals surface area contributed by atoms with E-state index in [1.165, 1.54) is 23.6 Å². The average Bonchev–Trinajstić information content (AvgIpc) is 2.72. The molecule has 0 aliphatic rings. The van der Waals surface area contributed by atoms with Gasteiger partial charge in [-0.25, -0.2) is 0 Å². The number of thiophene rings is 1. The molecule has 4 nitrogen and oxygen atoms in total. The van der Waals surface area contributed by atoms with Gasteiger partial charge in [-0.3, -0.25) is 9.59 Å². The minimum absolute atomic E-state index is 0.114. The summed E-state index contributed by atoms with van der Waals surface area (Å²) < 4.78 is 0.674. The molecule has 0 saturated carbocycles. The van der Waals surface area contributed by atoms with Crippen LogP contribution in [0.5, 0.6) is 0 Å². The van der Waals surface area contributed by atoms with E-state index in [1.54, 1.807) is 13.0 Å². The predicted octanol–water partition coefficient (Wildman–Crippen LogP) is 2.33. The van der Waals surface area contributed by atoms with Gasteiger partial charge in [0.25, 0.3) is 5.91 Å². The summed E-state index contributed by atoms with van der Waals surface area (Å²) in [6.07, 6.45) is 1.43. The van der Waals surface area contributed by atoms with E-state index in [2.05, 4.69) is 10.3 Å². The summed E-state index contributed by atoms with van der Waals surface area (Å²) in [4.78, 5) is 27.2. The summed E-state index contributed by atoms with van der Waals surface area (Å²) >= 11 is 7.18. The van der Waals surface area contributed by atoms with Crippen molar-refractivity contribution in [2.24, 2.45) is 0 Å². The first-order valence-corrected chi connectivity index (χ1v) is 6.47. The van der Waals surface area contributed by atoms with Crippen LogP contribution in [0.2, 0.25) is 4.34 Å². The zero-order chi connectivity index (χ0) is 13.1. The van der Waals surface area contributed by atoms with E-state index in [0.717, 1.165) is 10.6 Å². The normalized spacial score (nSPS) is 10.3. The van der Waals surface area contributed by atoms with Crippen LogP contribution in [0.1, 0.15) is 20.9 Å². The Balaban J connectivity index is 2.06. The highest BCUT2D eigenvalue weighted by Crippen LogP contribution is 2.20. The second-order valence-electron chi connectivity index (χ2n) is 3.78. The molecule has 2 heterocycles. The minimum Gasteiger partial charge on any atom is -0.364 e. The van der Waals surface area contributed by atoms with Crippen molar-refractivity contribution in [1.29, 1.82) is 0 Å². The molecule has 2 aromatic rings. The number of aromatic amines is 1. The number of carbonyl (C=O) groups is 1. The fraction of sp³-hybridized carbons (Fsp3) is 0.167. The number of nitrogens with one attached hydrogen (secondary N) is 2. The first-order valence-electron chi connectivity index (χ1n) is 5.28. The number of carbonyl (C=O) groups excluding carboxylic acids is 1. The van der Waals surface area contributed by atoms with Gasteiger partial charge in [0.1, 0.15) is 5.56 Å². The number of H-pyrrole nitrogens is 1. The highest BCUT2D eigenvalue weighted by Gasteiger charge is 2.10. The molecule has 0 radical (unpaired) electrons. The van der Waals surface area contributed by atoms with E-state index in [-0.39, 0.29) is 16.9 Å². The van der Waals surface area contributed by atoms with Crippen LogP contribution in [0.3, 0.4) is 0 Å². The fourth-order valence-corrected chi connectivity index (χ4v) is 2.49. The molecule has 2 N–H and O–H groups in total. The maximum Gasteiger partial charge on any atom is 0.257 e. The summed E-state index contributed by atoms with van der Waals surface area (Å²) in [7, 11) is 0. The summed E-state index contributed by atoms with van der Waals surface area (Å²) in [5.41, 5.74) is 0.554. The van der Waals surface area contributed by atoms with Crippen LogP contribution in [-0.2, 0) is 6.54 Å². The van der Waals surface area contributed by atoms with Crippen LogP contribution in [-0.4, -0.2) is 10.9 Å². The molecule has 0 unspecified atom stereocenters. The Bertz CT molecular complexity index is 633. The Morgan fingerprint density at radius 1 is 1.50 bits per heavy atom. The first-order chi connectivity index (χ1) is 8.56. The lowest BCUT2D eigenvalue weighted by Gasteiger charge is -2.03. The largest absolute Gasteiger partial charge is 0.364 e. The third kappa shape index (κ3) is 3.00. The van der Waals surface area contributed by atoms with Crippen LogP contribution in [0.25, 0.3) is 0 Å². The van der Waals surface area contributed by atoms with Gasteiger partial charge in [0.2, 0.25) is 0 Å². The lowest BCUT2D eigenvalue weighted by molar-refractivity contribution is 0.0950. The zero-order valence-corrected chi connectivity index (χ0v) is 11.2. The Hall–Kier alpha value is -1.59. The van der Waals surface area contributed by atoms with Crippen LogP contribution >= 0.6 is 22.9 Å². The predicted molar refractivity (Wildman–Crippen MR) is 72.3 cm³/mol. The number of hydrogen-bond acceptors (Lipinski definition) is 3. The monoisotopic (exact) mass is 282 g/mol. The van der Waals surface area contributed by atoms with Gasteiger partial charge in [-0.05, 0) is 19.1 Å². The molecule has 6 heteroatoms. The van der Waals surface area contributed by atoms with E-state index in [0.29, 0.717) is 10.9 Å². The quantitative estimate of drug-likeness (QED) is 0.908. The van der Waals surface area contributed by atoms with Gasteiger partial charge in [-0.2, -0.15) is 0 Å². The molecule has 0 fully saturated rings. The molecule has 0 bridgehead atoms. The van der Waals surface area contributed by atoms with Crippen molar-refractivity contribution in [2.75, 3.05) is 0 Å². The molecule has 1 amide bonds. The Morgan fingerprint density at radius 2 is 2.28 bits per heavy atom. The topological polar surface area (TPSA) is 62.0 Å². The van der Waals surface area contributed by atoms with E-state index >= 15 is 0 Å². The molecular weight excluding hydrogens is 272 g/mol. The van der Waals surface area contributed by atoms with Crippen LogP contribution < -0.4 is 10.7 Å². The molecule has 0 atom stereocenters. The highest BCUT2D eigenvalue weighted by molar-refractivity contribution is 7.16. The SMILES string of the molecule is Cc1cc(=O)c(C(=O)NCc2ccc(Cl)s2)c[nH]1. The number of hydrogen-bond donors (Lipinski definition) is 2. The number of amides is 1. The highest BCUT2D eigenvalue weighted by atomic mass is 35.5. The van der Waals surface area contributed by atoms with Gasteiger partial charge in [0.05, 0.1) is 10.9 Å². The molecule has 0 aliphatic carbocycles. The lowest BCUT2D eigenvalue weighted by atomic mass is 10.2. The number of aromatic nitrogens is 1. The summed E-state index contributed by atoms with van der Waals surface area (Å²) in [5.74, 6) is -0.388. The van der Waals surface area contributed by atoms with Crippen molar-refractivity contribution in [2.45, 2.75) is 13.5 Å². The van der Waals surface area contributed by atoms with Gasteiger partial charge in [0, 0.05) is 22.8 Å². The Labute approximate surface area is 113 Å². The van der Waals surface area contributed by atoms with E-state index in [4.69, 9.17) is 11.6 Å². The van der Waals surface area contributed by atoms with Gasteiger partial charge < -0.3 is 10.3 Å². The minimum atomic E-state index is -0.388. The lowest BCUT2D eigenvalue weighted by Crippen LogP contribution is -2.28. The molecule has 2 aromatic heterocycles. The number of halogens is 1. The van der Waals surface area contributed by atoms with Crippen molar-refractivity contribution in [3.63, 3.8) is 0 Å². The third-order valence-electron chi connectivity index (χ3n) is 2.35. The van der Waals surface area contributed by atoms with Gasteiger partial charge in [0.15, 0.2) is 5.43 Å². The van der Waals surface area contributed by atoms with Crippen molar-refractivity contribution >= 4 is 28.8 Å². The molecule has 0 aliphatic heterocycles. The zero-order valence-electron chi connectivity index (χ0n) is 9.62. The summed E-state index contributed by atoms with van der Waals surface area (Å²) in [6, 6.07) is 5.01. The molecule has 2 rings (SSSR count). The van der Waals surface area contributed by atoms with Crippen molar-refractivity contribution in [1.82, 2.24) is 10.3 Å². The standard InChI is InChI=1S/C12H11ClN2O2S/c1-7-4-10(16)9(6-14-7)12(17)15-5-8-2-3-11(13)18-8/h2-4,6H,5H2,1H3,(H,14,16)(H,15,17). The van der Waals surface area contributed by atoms with Crippen LogP contribution in [0.4, 0.5) is 0 Å². The van der Waals surface area contributed by atoms with Gasteiger partial charge in [-0.15, -0.1) is 11.3 Å². The Morgan fingerprint density at radius 3 is 2.89 bits per heavy atom. The van der Waals surface area contributed by atoms with E-state index in [9.17, 15) is 9.59 Å². The maximum atomic E-state index is 11.8. The average molecular weight is 283 g/mol. The fourth-order valence-electron chi connectivity index (χ4n) is 1.46. The van der Waals surface area contributed by atoms with Crippen molar-refractivity contribution in [3.05, 3.63) is 55.1 Å². The second kappa shape index (κ2) is 5.37. The summed E-state index contributed by atoms with van der Waals surface area (Å²) in [6.45, 7) is 2.13. The molecule has 0 aromatic carbocycles. The molecule has 0 saturated heterocycles. The van der Waals surface area contributed by atoms with Crippen LogP contribution in [0, 0.1) is 6.92 Å². The number of rotatable bonds is 3.